The molecule has 2 aromatic rings. The average Bonchev–Trinajstić information content (AvgIpc) is 2.67. The van der Waals surface area contributed by atoms with Gasteiger partial charge in [-0.15, -0.1) is 0 Å². The van der Waals surface area contributed by atoms with Crippen molar-refractivity contribution < 1.29 is 9.59 Å². The molecule has 2 atom stereocenters. The van der Waals surface area contributed by atoms with Crippen LogP contribution >= 0.6 is 0 Å². The molecule has 0 saturated carbocycles. The van der Waals surface area contributed by atoms with E-state index in [4.69, 9.17) is 0 Å². The van der Waals surface area contributed by atoms with Crippen molar-refractivity contribution in [1.82, 2.24) is 10.2 Å². The molecule has 29 heavy (non-hydrogen) atoms. The lowest BCUT2D eigenvalue weighted by molar-refractivity contribution is -0.141. The molecule has 1 N–H and O–H groups in total. The second-order valence-electron chi connectivity index (χ2n) is 7.92. The zero-order valence-electron chi connectivity index (χ0n) is 18.4. The lowest BCUT2D eigenvalue weighted by Crippen LogP contribution is -2.51. The van der Waals surface area contributed by atoms with Crippen LogP contribution in [-0.4, -0.2) is 28.8 Å². The van der Waals surface area contributed by atoms with Gasteiger partial charge in [0.1, 0.15) is 6.04 Å². The van der Waals surface area contributed by atoms with Gasteiger partial charge in [0, 0.05) is 12.6 Å². The molecule has 0 spiro atoms. The molecule has 2 rings (SSSR count). The SMILES string of the molecule is CC[C@H](C)NC(=O)[C@H](CC)N(Cc1cccc(C)c1)C(=O)Cc1cccc(C)c1. The highest BCUT2D eigenvalue weighted by atomic mass is 16.2. The predicted octanol–water partition coefficient (Wildman–Crippen LogP) is 4.57. The summed E-state index contributed by atoms with van der Waals surface area (Å²) in [5.74, 6) is -0.102. The van der Waals surface area contributed by atoms with Gasteiger partial charge in [-0.2, -0.15) is 0 Å². The van der Waals surface area contributed by atoms with Gasteiger partial charge in [-0.1, -0.05) is 73.5 Å². The highest BCUT2D eigenvalue weighted by Gasteiger charge is 2.29. The molecule has 0 fully saturated rings. The van der Waals surface area contributed by atoms with Crippen LogP contribution < -0.4 is 5.32 Å². The molecule has 0 aliphatic rings. The number of carbonyl (C=O) groups excluding carboxylic acids is 2. The minimum absolute atomic E-state index is 0.0248. The first-order chi connectivity index (χ1) is 13.8. The van der Waals surface area contributed by atoms with Gasteiger partial charge in [0.05, 0.1) is 6.42 Å². The van der Waals surface area contributed by atoms with E-state index in [1.807, 2.05) is 77.1 Å². The fourth-order valence-electron chi connectivity index (χ4n) is 3.47. The second-order valence-corrected chi connectivity index (χ2v) is 7.92. The number of hydrogen-bond acceptors (Lipinski definition) is 2. The van der Waals surface area contributed by atoms with Gasteiger partial charge in [-0.3, -0.25) is 9.59 Å². The van der Waals surface area contributed by atoms with E-state index < -0.39 is 6.04 Å². The van der Waals surface area contributed by atoms with Crippen LogP contribution in [0.2, 0.25) is 0 Å². The van der Waals surface area contributed by atoms with Crippen molar-refractivity contribution in [3.05, 3.63) is 70.8 Å². The standard InChI is InChI=1S/C25H34N2O2/c1-6-20(5)26-25(29)23(7-2)27(17-22-13-9-11-19(4)15-22)24(28)16-21-12-8-10-18(3)14-21/h8-15,20,23H,6-7,16-17H2,1-5H3,(H,26,29)/t20-,23-/m0/s1. The zero-order valence-corrected chi connectivity index (χ0v) is 18.4. The van der Waals surface area contributed by atoms with Crippen molar-refractivity contribution in [3.8, 4) is 0 Å². The van der Waals surface area contributed by atoms with E-state index in [0.717, 1.165) is 28.7 Å². The van der Waals surface area contributed by atoms with Crippen LogP contribution in [0.25, 0.3) is 0 Å². The van der Waals surface area contributed by atoms with Gasteiger partial charge in [0.2, 0.25) is 11.8 Å². The molecule has 0 aromatic heterocycles. The lowest BCUT2D eigenvalue weighted by atomic mass is 10.0. The number of nitrogens with one attached hydrogen (secondary N) is 1. The molecule has 0 aliphatic heterocycles. The zero-order chi connectivity index (χ0) is 21.4. The van der Waals surface area contributed by atoms with Crippen molar-refractivity contribution in [1.29, 1.82) is 0 Å². The Morgan fingerprint density at radius 2 is 1.52 bits per heavy atom. The van der Waals surface area contributed by atoms with Crippen molar-refractivity contribution >= 4 is 11.8 Å². The van der Waals surface area contributed by atoms with E-state index in [9.17, 15) is 9.59 Å². The maximum absolute atomic E-state index is 13.3. The first kappa shape index (κ1) is 22.7. The Hall–Kier alpha value is -2.62. The number of hydrogen-bond donors (Lipinski definition) is 1. The minimum Gasteiger partial charge on any atom is -0.352 e. The lowest BCUT2D eigenvalue weighted by Gasteiger charge is -2.31. The normalized spacial score (nSPS) is 12.9. The number of carbonyl (C=O) groups is 2. The molecule has 0 bridgehead atoms. The van der Waals surface area contributed by atoms with E-state index in [0.29, 0.717) is 19.4 Å². The highest BCUT2D eigenvalue weighted by Crippen LogP contribution is 2.16. The topological polar surface area (TPSA) is 49.4 Å². The Labute approximate surface area is 175 Å². The molecular weight excluding hydrogens is 360 g/mol. The fourth-order valence-corrected chi connectivity index (χ4v) is 3.47. The third-order valence-corrected chi connectivity index (χ3v) is 5.26. The third-order valence-electron chi connectivity index (χ3n) is 5.26. The second kappa shape index (κ2) is 10.8. The van der Waals surface area contributed by atoms with Crippen LogP contribution in [0.1, 0.15) is 55.9 Å². The van der Waals surface area contributed by atoms with Crippen LogP contribution in [0, 0.1) is 13.8 Å². The Morgan fingerprint density at radius 1 is 0.931 bits per heavy atom. The molecule has 4 nitrogen and oxygen atoms in total. The summed E-state index contributed by atoms with van der Waals surface area (Å²) in [7, 11) is 0. The number of benzene rings is 2. The molecular formula is C25H34N2O2. The van der Waals surface area contributed by atoms with E-state index in [1.165, 1.54) is 0 Å². The van der Waals surface area contributed by atoms with Crippen molar-refractivity contribution in [2.75, 3.05) is 0 Å². The van der Waals surface area contributed by atoms with E-state index in [-0.39, 0.29) is 17.9 Å². The summed E-state index contributed by atoms with van der Waals surface area (Å²) in [6.45, 7) is 10.5. The Kier molecular flexibility index (Phi) is 8.44. The Balaban J connectivity index is 2.29. The molecule has 4 heteroatoms. The number of amides is 2. The fraction of sp³-hybridized carbons (Fsp3) is 0.440. The van der Waals surface area contributed by atoms with Gasteiger partial charge in [-0.05, 0) is 44.7 Å². The van der Waals surface area contributed by atoms with E-state index in [2.05, 4.69) is 11.4 Å². The minimum atomic E-state index is -0.484. The first-order valence-corrected chi connectivity index (χ1v) is 10.5. The molecule has 0 heterocycles. The average molecular weight is 395 g/mol. The molecule has 0 unspecified atom stereocenters. The summed E-state index contributed by atoms with van der Waals surface area (Å²) in [5.41, 5.74) is 4.28. The van der Waals surface area contributed by atoms with Gasteiger partial charge < -0.3 is 10.2 Å². The van der Waals surface area contributed by atoms with E-state index >= 15 is 0 Å². The smallest absolute Gasteiger partial charge is 0.243 e. The number of rotatable bonds is 9. The summed E-state index contributed by atoms with van der Waals surface area (Å²) >= 11 is 0. The molecule has 0 saturated heterocycles. The molecule has 2 aromatic carbocycles. The quantitative estimate of drug-likeness (QED) is 0.677. The molecule has 0 radical (unpaired) electrons. The van der Waals surface area contributed by atoms with Crippen LogP contribution in [0.15, 0.2) is 48.5 Å². The molecule has 2 amide bonds. The highest BCUT2D eigenvalue weighted by molar-refractivity contribution is 5.88. The Bertz CT molecular complexity index is 831. The van der Waals surface area contributed by atoms with Crippen molar-refractivity contribution in [3.63, 3.8) is 0 Å². The number of aryl methyl sites for hydroxylation is 2. The van der Waals surface area contributed by atoms with Gasteiger partial charge in [0.15, 0.2) is 0 Å². The summed E-state index contributed by atoms with van der Waals surface area (Å²) < 4.78 is 0. The van der Waals surface area contributed by atoms with Gasteiger partial charge >= 0.3 is 0 Å². The van der Waals surface area contributed by atoms with Crippen LogP contribution in [0.4, 0.5) is 0 Å². The van der Waals surface area contributed by atoms with Crippen molar-refractivity contribution in [2.45, 2.75) is 72.5 Å². The summed E-state index contributed by atoms with van der Waals surface area (Å²) in [4.78, 5) is 28.0. The summed E-state index contributed by atoms with van der Waals surface area (Å²) in [6, 6.07) is 15.7. The van der Waals surface area contributed by atoms with Gasteiger partial charge in [-0.25, -0.2) is 0 Å². The predicted molar refractivity (Wildman–Crippen MR) is 119 cm³/mol. The molecule has 0 aliphatic carbocycles. The van der Waals surface area contributed by atoms with Crippen molar-refractivity contribution in [2.24, 2.45) is 0 Å². The summed E-state index contributed by atoms with van der Waals surface area (Å²) in [5, 5.41) is 3.05. The van der Waals surface area contributed by atoms with Crippen LogP contribution in [0.3, 0.4) is 0 Å². The monoisotopic (exact) mass is 394 g/mol. The van der Waals surface area contributed by atoms with E-state index in [1.54, 1.807) is 4.90 Å². The largest absolute Gasteiger partial charge is 0.352 e. The van der Waals surface area contributed by atoms with Gasteiger partial charge in [0.25, 0.3) is 0 Å². The third kappa shape index (κ3) is 6.74. The molecule has 156 valence electrons. The maximum atomic E-state index is 13.3. The van der Waals surface area contributed by atoms with Crippen LogP contribution in [-0.2, 0) is 22.6 Å². The number of nitrogens with zero attached hydrogens (tertiary/aromatic N) is 1. The maximum Gasteiger partial charge on any atom is 0.243 e. The summed E-state index contributed by atoms with van der Waals surface area (Å²) in [6.07, 6.45) is 1.73. The Morgan fingerprint density at radius 3 is 2.07 bits per heavy atom. The van der Waals surface area contributed by atoms with Crippen LogP contribution in [0.5, 0.6) is 0 Å². The first-order valence-electron chi connectivity index (χ1n) is 10.5.